The van der Waals surface area contributed by atoms with Crippen molar-refractivity contribution in [3.05, 3.63) is 47.6 Å². The summed E-state index contributed by atoms with van der Waals surface area (Å²) in [7, 11) is 0. The van der Waals surface area contributed by atoms with E-state index in [0.717, 1.165) is 0 Å². The Balaban J connectivity index is 1.83. The van der Waals surface area contributed by atoms with Crippen LogP contribution < -0.4 is 5.73 Å². The summed E-state index contributed by atoms with van der Waals surface area (Å²) in [5, 5.41) is 3.94. The minimum atomic E-state index is 0.531. The van der Waals surface area contributed by atoms with Crippen molar-refractivity contribution in [3.8, 4) is 0 Å². The number of ether oxygens (including phenoxy) is 1. The van der Waals surface area contributed by atoms with Gasteiger partial charge in [0.05, 0.1) is 19.6 Å². The number of nitrogens with two attached hydrogens (primary N) is 1. The molecule has 1 heterocycles. The molecular weight excluding hydrogens is 230 g/mol. The molecule has 2 rings (SSSR count). The number of aromatic nitrogens is 2. The molecule has 0 radical (unpaired) electrons. The van der Waals surface area contributed by atoms with Crippen molar-refractivity contribution < 1.29 is 9.26 Å². The van der Waals surface area contributed by atoms with Gasteiger partial charge < -0.3 is 15.0 Å². The molecule has 5 nitrogen and oxygen atoms in total. The highest BCUT2D eigenvalue weighted by molar-refractivity contribution is 5.18. The first-order chi connectivity index (χ1) is 8.88. The Morgan fingerprint density at radius 3 is 2.78 bits per heavy atom. The van der Waals surface area contributed by atoms with Gasteiger partial charge in [-0.05, 0) is 5.56 Å². The molecule has 1 aromatic carbocycles. The van der Waals surface area contributed by atoms with Gasteiger partial charge in [0, 0.05) is 13.0 Å². The topological polar surface area (TPSA) is 74.2 Å². The molecule has 0 atom stereocenters. The molecule has 0 bridgehead atoms. The molecule has 0 aliphatic rings. The Morgan fingerprint density at radius 2 is 2.00 bits per heavy atom. The molecule has 5 heteroatoms. The third-order valence-corrected chi connectivity index (χ3v) is 2.44. The first-order valence-corrected chi connectivity index (χ1v) is 6.01. The van der Waals surface area contributed by atoms with Gasteiger partial charge in [0.2, 0.25) is 5.89 Å². The van der Waals surface area contributed by atoms with E-state index in [9.17, 15) is 0 Å². The van der Waals surface area contributed by atoms with Crippen molar-refractivity contribution in [3.63, 3.8) is 0 Å². The maximum absolute atomic E-state index is 5.32. The van der Waals surface area contributed by atoms with Gasteiger partial charge in [0.1, 0.15) is 0 Å². The van der Waals surface area contributed by atoms with E-state index in [1.165, 1.54) is 5.56 Å². The largest absolute Gasteiger partial charge is 0.380 e. The summed E-state index contributed by atoms with van der Waals surface area (Å²) in [5.74, 6) is 1.31. The predicted octanol–water partition coefficient (Wildman–Crippen LogP) is 1.18. The molecule has 18 heavy (non-hydrogen) atoms. The van der Waals surface area contributed by atoms with Crippen LogP contribution in [0.25, 0.3) is 0 Å². The fourth-order valence-electron chi connectivity index (χ4n) is 1.59. The third-order valence-electron chi connectivity index (χ3n) is 2.44. The molecule has 96 valence electrons. The lowest BCUT2D eigenvalue weighted by Gasteiger charge is -1.97. The molecule has 0 amide bonds. The number of hydrogen-bond acceptors (Lipinski definition) is 5. The van der Waals surface area contributed by atoms with Crippen LogP contribution in [0.1, 0.15) is 17.3 Å². The number of hydrogen-bond donors (Lipinski definition) is 1. The van der Waals surface area contributed by atoms with Crippen molar-refractivity contribution in [1.82, 2.24) is 10.1 Å². The highest BCUT2D eigenvalue weighted by Gasteiger charge is 2.06. The van der Waals surface area contributed by atoms with Crippen molar-refractivity contribution >= 4 is 0 Å². The Hall–Kier alpha value is -1.72. The highest BCUT2D eigenvalue weighted by atomic mass is 16.5. The molecule has 0 spiro atoms. The first kappa shape index (κ1) is 12.7. The summed E-state index contributed by atoms with van der Waals surface area (Å²) in [6.45, 7) is 1.65. The molecule has 0 fully saturated rings. The zero-order valence-electron chi connectivity index (χ0n) is 10.2. The average Bonchev–Trinajstić information content (AvgIpc) is 2.84. The van der Waals surface area contributed by atoms with Crippen LogP contribution in [0.3, 0.4) is 0 Å². The third kappa shape index (κ3) is 3.94. The summed E-state index contributed by atoms with van der Waals surface area (Å²) < 4.78 is 10.4. The van der Waals surface area contributed by atoms with Gasteiger partial charge in [-0.15, -0.1) is 0 Å². The number of benzene rings is 1. The Labute approximate surface area is 106 Å². The number of nitrogens with zero attached hydrogens (tertiary/aromatic N) is 2. The minimum Gasteiger partial charge on any atom is -0.380 e. The second kappa shape index (κ2) is 6.88. The van der Waals surface area contributed by atoms with Crippen LogP contribution in [0.5, 0.6) is 0 Å². The summed E-state index contributed by atoms with van der Waals surface area (Å²) >= 11 is 0. The van der Waals surface area contributed by atoms with E-state index in [2.05, 4.69) is 10.1 Å². The van der Waals surface area contributed by atoms with Crippen molar-refractivity contribution in [1.29, 1.82) is 0 Å². The fourth-order valence-corrected chi connectivity index (χ4v) is 1.59. The first-order valence-electron chi connectivity index (χ1n) is 6.01. The lowest BCUT2D eigenvalue weighted by atomic mass is 10.1. The predicted molar refractivity (Wildman–Crippen MR) is 67.1 cm³/mol. The summed E-state index contributed by atoms with van der Waals surface area (Å²) in [6, 6.07) is 10.1. The van der Waals surface area contributed by atoms with E-state index in [-0.39, 0.29) is 0 Å². The van der Waals surface area contributed by atoms with E-state index in [1.54, 1.807) is 0 Å². The normalized spacial score (nSPS) is 10.7. The van der Waals surface area contributed by atoms with Crippen LogP contribution in [-0.2, 0) is 17.6 Å². The molecule has 0 aliphatic carbocycles. The second-order valence-electron chi connectivity index (χ2n) is 3.92. The number of rotatable bonds is 7. The Morgan fingerprint density at radius 1 is 1.17 bits per heavy atom. The van der Waals surface area contributed by atoms with Gasteiger partial charge in [0.25, 0.3) is 0 Å². The zero-order chi connectivity index (χ0) is 12.6. The van der Waals surface area contributed by atoms with Crippen molar-refractivity contribution in [2.75, 3.05) is 19.8 Å². The quantitative estimate of drug-likeness (QED) is 0.744. The minimum absolute atomic E-state index is 0.531. The lowest BCUT2D eigenvalue weighted by molar-refractivity contribution is 0.138. The van der Waals surface area contributed by atoms with Crippen LogP contribution in [0, 0.1) is 0 Å². The van der Waals surface area contributed by atoms with Gasteiger partial charge in [-0.3, -0.25) is 0 Å². The monoisotopic (exact) mass is 247 g/mol. The standard InChI is InChI=1S/C13H17N3O2/c14-7-9-17-8-6-13-15-12(16-18-13)10-11-4-2-1-3-5-11/h1-5H,6-10,14H2. The summed E-state index contributed by atoms with van der Waals surface area (Å²) in [6.07, 6.45) is 1.32. The molecule has 0 saturated heterocycles. The maximum atomic E-state index is 5.32. The van der Waals surface area contributed by atoms with Crippen molar-refractivity contribution in [2.45, 2.75) is 12.8 Å². The highest BCUT2D eigenvalue weighted by Crippen LogP contribution is 2.06. The van der Waals surface area contributed by atoms with Gasteiger partial charge >= 0.3 is 0 Å². The molecule has 0 saturated carbocycles. The lowest BCUT2D eigenvalue weighted by Crippen LogP contribution is -2.10. The van der Waals surface area contributed by atoms with Gasteiger partial charge in [-0.2, -0.15) is 4.98 Å². The van der Waals surface area contributed by atoms with E-state index >= 15 is 0 Å². The van der Waals surface area contributed by atoms with E-state index in [4.69, 9.17) is 15.0 Å². The van der Waals surface area contributed by atoms with Gasteiger partial charge in [-0.25, -0.2) is 0 Å². The van der Waals surface area contributed by atoms with Crippen LogP contribution in [0.15, 0.2) is 34.9 Å². The molecule has 0 aliphatic heterocycles. The van der Waals surface area contributed by atoms with E-state index in [1.807, 2.05) is 30.3 Å². The SMILES string of the molecule is NCCOCCc1nc(Cc2ccccc2)no1. The smallest absolute Gasteiger partial charge is 0.228 e. The average molecular weight is 247 g/mol. The molecule has 2 N–H and O–H groups in total. The summed E-state index contributed by atoms with van der Waals surface area (Å²) in [4.78, 5) is 4.31. The van der Waals surface area contributed by atoms with Crippen LogP contribution >= 0.6 is 0 Å². The zero-order valence-corrected chi connectivity index (χ0v) is 10.2. The Kier molecular flexibility index (Phi) is 4.87. The van der Waals surface area contributed by atoms with Gasteiger partial charge in [0.15, 0.2) is 5.82 Å². The Bertz CT molecular complexity index is 456. The summed E-state index contributed by atoms with van der Waals surface area (Å²) in [5.41, 5.74) is 6.49. The van der Waals surface area contributed by atoms with Crippen LogP contribution in [0.4, 0.5) is 0 Å². The molecule has 1 aromatic heterocycles. The van der Waals surface area contributed by atoms with Crippen LogP contribution in [0.2, 0.25) is 0 Å². The van der Waals surface area contributed by atoms with E-state index < -0.39 is 0 Å². The van der Waals surface area contributed by atoms with Crippen molar-refractivity contribution in [2.24, 2.45) is 5.73 Å². The molecule has 0 unspecified atom stereocenters. The maximum Gasteiger partial charge on any atom is 0.228 e. The molecule has 2 aromatic rings. The van der Waals surface area contributed by atoms with E-state index in [0.29, 0.717) is 44.3 Å². The van der Waals surface area contributed by atoms with Crippen LogP contribution in [-0.4, -0.2) is 29.9 Å². The second-order valence-corrected chi connectivity index (χ2v) is 3.92. The molecular formula is C13H17N3O2. The van der Waals surface area contributed by atoms with Gasteiger partial charge in [-0.1, -0.05) is 35.5 Å². The fraction of sp³-hybridized carbons (Fsp3) is 0.385.